The van der Waals surface area contributed by atoms with Crippen molar-refractivity contribution in [2.24, 2.45) is 16.6 Å². The number of rotatable bonds is 4. The van der Waals surface area contributed by atoms with E-state index < -0.39 is 31.4 Å². The summed E-state index contributed by atoms with van der Waals surface area (Å²) in [6.07, 6.45) is 5.22. The number of aliphatic imine (C=N–C) groups is 1. The van der Waals surface area contributed by atoms with E-state index in [4.69, 9.17) is 10.5 Å². The number of aliphatic hydroxyl groups excluding tert-OH is 2. The Labute approximate surface area is 131 Å². The van der Waals surface area contributed by atoms with Crippen LogP contribution in [0.4, 0.5) is 0 Å². The molecule has 124 valence electrons. The second-order valence-electron chi connectivity index (χ2n) is 6.74. The Morgan fingerprint density at radius 1 is 1.45 bits per heavy atom. The van der Waals surface area contributed by atoms with Gasteiger partial charge >= 0.3 is 0 Å². The van der Waals surface area contributed by atoms with E-state index in [2.05, 4.69) is 31.2 Å². The van der Waals surface area contributed by atoms with Gasteiger partial charge in [0.2, 0.25) is 0 Å². The molecule has 6 nitrogen and oxygen atoms in total. The fourth-order valence-corrected chi connectivity index (χ4v) is 4.75. The largest absolute Gasteiger partial charge is 0.388 e. The number of hydrogen-bond donors (Lipinski definition) is 3. The van der Waals surface area contributed by atoms with Gasteiger partial charge in [0.25, 0.3) is 0 Å². The van der Waals surface area contributed by atoms with Crippen molar-refractivity contribution in [2.75, 3.05) is 19.5 Å². The second kappa shape index (κ2) is 6.20. The Bertz CT molecular complexity index is 554. The highest BCUT2D eigenvalue weighted by Gasteiger charge is 2.47. The summed E-state index contributed by atoms with van der Waals surface area (Å²) in [5.41, 5.74) is 5.61. The molecule has 2 aliphatic rings. The number of nitrogens with zero attached hydrogens (tertiary/aromatic N) is 2. The van der Waals surface area contributed by atoms with Crippen molar-refractivity contribution < 1.29 is 14.9 Å². The van der Waals surface area contributed by atoms with Crippen molar-refractivity contribution >= 4 is 19.0 Å². The maximum absolute atomic E-state index is 10.3. The lowest BCUT2D eigenvalue weighted by molar-refractivity contribution is -0.0680. The standard InChI is InChI=1S/C15H26N3O3P/c1-9(8-22(3,4)5)14-12(19)13(20)15(21-14)18-7-6-11(16)17-10(18)2/h6-7,9,12-15,19-20H,2-3,8H2,1,4-5H3,(H2,16,17)/t9?,12-,13+,14+,15+/m0/s1. The fourth-order valence-electron chi connectivity index (χ4n) is 2.99. The van der Waals surface area contributed by atoms with Crippen LogP contribution in [-0.4, -0.2) is 71.3 Å². The Hall–Kier alpha value is -1.07. The van der Waals surface area contributed by atoms with Crippen LogP contribution in [0.1, 0.15) is 6.92 Å². The molecule has 1 saturated heterocycles. The van der Waals surface area contributed by atoms with Crippen LogP contribution >= 0.6 is 6.89 Å². The summed E-state index contributed by atoms with van der Waals surface area (Å²) >= 11 is 0. The van der Waals surface area contributed by atoms with E-state index in [0.717, 1.165) is 6.16 Å². The van der Waals surface area contributed by atoms with Crippen molar-refractivity contribution in [2.45, 2.75) is 31.5 Å². The summed E-state index contributed by atoms with van der Waals surface area (Å²) in [5.74, 6) is 0.837. The van der Waals surface area contributed by atoms with Crippen LogP contribution in [0.3, 0.4) is 0 Å². The second-order valence-corrected chi connectivity index (χ2v) is 11.0. The lowest BCUT2D eigenvalue weighted by Crippen LogP contribution is -2.42. The van der Waals surface area contributed by atoms with Crippen molar-refractivity contribution in [3.63, 3.8) is 0 Å². The number of ether oxygens (including phenoxy) is 1. The first-order valence-electron chi connectivity index (χ1n) is 7.29. The molecule has 5 atom stereocenters. The van der Waals surface area contributed by atoms with Gasteiger partial charge in [-0.2, -0.15) is 0 Å². The van der Waals surface area contributed by atoms with E-state index >= 15 is 0 Å². The zero-order valence-corrected chi connectivity index (χ0v) is 14.3. The quantitative estimate of drug-likeness (QED) is 0.652. The Balaban J connectivity index is 2.12. The van der Waals surface area contributed by atoms with Crippen molar-refractivity contribution in [3.05, 3.63) is 24.7 Å². The fraction of sp³-hybridized carbons (Fsp3) is 0.600. The number of aliphatic hydroxyl groups is 2. The molecule has 4 N–H and O–H groups in total. The molecule has 7 heteroatoms. The van der Waals surface area contributed by atoms with Crippen LogP contribution < -0.4 is 5.73 Å². The molecular formula is C15H26N3O3P. The first-order valence-corrected chi connectivity index (χ1v) is 10.3. The van der Waals surface area contributed by atoms with Crippen LogP contribution in [0.5, 0.6) is 0 Å². The molecule has 2 aliphatic heterocycles. The van der Waals surface area contributed by atoms with E-state index in [0.29, 0.717) is 11.7 Å². The highest BCUT2D eigenvalue weighted by molar-refractivity contribution is 7.72. The van der Waals surface area contributed by atoms with E-state index in [1.54, 1.807) is 17.2 Å². The minimum Gasteiger partial charge on any atom is -0.388 e. The van der Waals surface area contributed by atoms with Crippen molar-refractivity contribution in [1.82, 2.24) is 4.90 Å². The SMILES string of the molecule is C=C1N=C(N)C=CN1[C@@H]1O[C@H](C(C)CP(=C)(C)C)[C@@H](O)[C@H]1O. The molecule has 0 radical (unpaired) electrons. The van der Waals surface area contributed by atoms with Gasteiger partial charge in [0.1, 0.15) is 23.9 Å². The van der Waals surface area contributed by atoms with Crippen molar-refractivity contribution in [1.29, 1.82) is 0 Å². The topological polar surface area (TPSA) is 91.3 Å². The summed E-state index contributed by atoms with van der Waals surface area (Å²) in [6.45, 7) is 8.87. The molecule has 0 aromatic rings. The molecule has 2 heterocycles. The molecule has 1 unspecified atom stereocenters. The molecule has 22 heavy (non-hydrogen) atoms. The minimum absolute atomic E-state index is 0.103. The summed E-state index contributed by atoms with van der Waals surface area (Å²) in [7, 11) is 0. The van der Waals surface area contributed by atoms with Gasteiger partial charge in [0.05, 0.1) is 6.10 Å². The predicted octanol–water partition coefficient (Wildman–Crippen LogP) is 0.436. The van der Waals surface area contributed by atoms with Gasteiger partial charge < -0.3 is 25.6 Å². The summed E-state index contributed by atoms with van der Waals surface area (Å²) in [4.78, 5) is 5.66. The molecular weight excluding hydrogens is 301 g/mol. The Morgan fingerprint density at radius 2 is 2.09 bits per heavy atom. The van der Waals surface area contributed by atoms with Crippen LogP contribution in [0.25, 0.3) is 0 Å². The summed E-state index contributed by atoms with van der Waals surface area (Å²) in [5, 5.41) is 20.7. The summed E-state index contributed by atoms with van der Waals surface area (Å²) < 4.78 is 5.93. The maximum atomic E-state index is 10.3. The predicted molar refractivity (Wildman–Crippen MR) is 92.3 cm³/mol. The van der Waals surface area contributed by atoms with E-state index in [1.165, 1.54) is 0 Å². The average Bonchev–Trinajstić information content (AvgIpc) is 2.65. The first kappa shape index (κ1) is 17.3. The van der Waals surface area contributed by atoms with Gasteiger partial charge in [0, 0.05) is 6.20 Å². The van der Waals surface area contributed by atoms with Crippen LogP contribution in [-0.2, 0) is 4.74 Å². The Morgan fingerprint density at radius 3 is 2.64 bits per heavy atom. The third-order valence-electron chi connectivity index (χ3n) is 3.85. The number of amidine groups is 1. The third-order valence-corrected chi connectivity index (χ3v) is 5.42. The smallest absolute Gasteiger partial charge is 0.164 e. The zero-order chi connectivity index (χ0) is 16.7. The molecule has 1 fully saturated rings. The normalized spacial score (nSPS) is 34.0. The van der Waals surface area contributed by atoms with E-state index in [1.807, 2.05) is 6.92 Å². The van der Waals surface area contributed by atoms with Crippen LogP contribution in [0, 0.1) is 5.92 Å². The maximum Gasteiger partial charge on any atom is 0.164 e. The number of hydrogen-bond acceptors (Lipinski definition) is 6. The van der Waals surface area contributed by atoms with Gasteiger partial charge in [-0.15, -0.1) is 13.2 Å². The average molecular weight is 327 g/mol. The third kappa shape index (κ3) is 3.63. The van der Waals surface area contributed by atoms with Gasteiger partial charge in [-0.05, 0) is 31.5 Å². The lowest BCUT2D eigenvalue weighted by Gasteiger charge is -2.31. The van der Waals surface area contributed by atoms with Crippen LogP contribution in [0.15, 0.2) is 29.7 Å². The van der Waals surface area contributed by atoms with Crippen LogP contribution in [0.2, 0.25) is 0 Å². The molecule has 0 aromatic carbocycles. The van der Waals surface area contributed by atoms with Gasteiger partial charge in [-0.3, -0.25) is 0 Å². The van der Waals surface area contributed by atoms with Gasteiger partial charge in [0.15, 0.2) is 6.23 Å². The first-order chi connectivity index (χ1) is 10.1. The van der Waals surface area contributed by atoms with Crippen molar-refractivity contribution in [3.8, 4) is 0 Å². The molecule has 0 saturated carbocycles. The molecule has 0 aromatic heterocycles. The molecule has 2 rings (SSSR count). The highest BCUT2D eigenvalue weighted by atomic mass is 31.2. The monoisotopic (exact) mass is 327 g/mol. The molecule has 0 amide bonds. The van der Waals surface area contributed by atoms with Gasteiger partial charge in [-0.25, -0.2) is 4.99 Å². The minimum atomic E-state index is -1.25. The molecule has 0 spiro atoms. The number of nitrogens with two attached hydrogens (primary N) is 1. The lowest BCUT2D eigenvalue weighted by atomic mass is 10.00. The molecule has 0 aliphatic carbocycles. The zero-order valence-electron chi connectivity index (χ0n) is 13.4. The van der Waals surface area contributed by atoms with Gasteiger partial charge in [-0.1, -0.05) is 13.5 Å². The summed E-state index contributed by atoms with van der Waals surface area (Å²) in [6, 6.07) is 0. The highest BCUT2D eigenvalue weighted by Crippen LogP contribution is 2.41. The van der Waals surface area contributed by atoms with E-state index in [9.17, 15) is 10.2 Å². The Kier molecular flexibility index (Phi) is 4.87. The van der Waals surface area contributed by atoms with E-state index in [-0.39, 0.29) is 5.92 Å². The molecule has 0 bridgehead atoms.